The quantitative estimate of drug-likeness (QED) is 0.0374. The summed E-state index contributed by atoms with van der Waals surface area (Å²) in [7, 11) is 0. The summed E-state index contributed by atoms with van der Waals surface area (Å²) >= 11 is 2.39. The zero-order valence-electron chi connectivity index (χ0n) is 26.9. The van der Waals surface area contributed by atoms with Crippen molar-refractivity contribution in [3.63, 3.8) is 0 Å². The minimum absolute atomic E-state index is 0.00878. The highest BCUT2D eigenvalue weighted by molar-refractivity contribution is 8.00. The van der Waals surface area contributed by atoms with E-state index in [-0.39, 0.29) is 28.4 Å². The van der Waals surface area contributed by atoms with Crippen LogP contribution < -0.4 is 19.1 Å². The van der Waals surface area contributed by atoms with Crippen LogP contribution in [0.5, 0.6) is 17.2 Å². The number of carbonyl (C=O) groups excluding carboxylic acids is 2. The van der Waals surface area contributed by atoms with Gasteiger partial charge in [-0.2, -0.15) is 0 Å². The Labute approximate surface area is 286 Å². The van der Waals surface area contributed by atoms with E-state index in [4.69, 9.17) is 14.2 Å². The summed E-state index contributed by atoms with van der Waals surface area (Å²) in [5.74, 6) is -0.294. The van der Waals surface area contributed by atoms with Gasteiger partial charge >= 0.3 is 5.91 Å². The van der Waals surface area contributed by atoms with Crippen LogP contribution in [-0.2, 0) is 21.8 Å². The van der Waals surface area contributed by atoms with Crippen LogP contribution in [0.3, 0.4) is 0 Å². The van der Waals surface area contributed by atoms with Crippen LogP contribution in [0.2, 0.25) is 0 Å². The summed E-state index contributed by atoms with van der Waals surface area (Å²) in [6.07, 6.45) is 3.63. The summed E-state index contributed by atoms with van der Waals surface area (Å²) < 4.78 is 32.6. The number of aliphatic hydroxyl groups is 1. The third-order valence-corrected chi connectivity index (χ3v) is 10.2. The fourth-order valence-electron chi connectivity index (χ4n) is 5.80. The van der Waals surface area contributed by atoms with Crippen LogP contribution in [0.25, 0.3) is 5.76 Å². The molecule has 250 valence electrons. The number of halogens is 1. The number of hydrogen-bond donors (Lipinski definition) is 1. The van der Waals surface area contributed by atoms with Crippen LogP contribution in [-0.4, -0.2) is 46.3 Å². The number of carbonyl (C=O) groups is 2. The monoisotopic (exact) mass is 689 g/mol. The SMILES string of the molecule is CCCCCOc1ccc([C@@H]2/C(=C(\O)c3ccc4c(c3)C[C@@H](C)O4)C(=O)C(=O)N2c2nnc(SCc3ccccc3F)s2)cc1OCC. The number of thioether (sulfide) groups is 1. The minimum atomic E-state index is -1.04. The predicted molar refractivity (Wildman–Crippen MR) is 184 cm³/mol. The molecular weight excluding hydrogens is 654 g/mol. The number of hydrogen-bond acceptors (Lipinski definition) is 10. The van der Waals surface area contributed by atoms with E-state index in [0.29, 0.717) is 57.9 Å². The maximum Gasteiger partial charge on any atom is 0.301 e. The molecular formula is C36H36FN3O6S2. The number of amides is 1. The highest BCUT2D eigenvalue weighted by Crippen LogP contribution is 2.46. The van der Waals surface area contributed by atoms with Crippen molar-refractivity contribution in [2.24, 2.45) is 0 Å². The van der Waals surface area contributed by atoms with Gasteiger partial charge in [0, 0.05) is 17.7 Å². The number of nitrogens with zero attached hydrogens (tertiary/aromatic N) is 3. The summed E-state index contributed by atoms with van der Waals surface area (Å²) in [4.78, 5) is 28.9. The second kappa shape index (κ2) is 14.8. The smallest absolute Gasteiger partial charge is 0.301 e. The number of anilines is 1. The first kappa shape index (κ1) is 33.5. The number of ether oxygens (including phenoxy) is 3. The van der Waals surface area contributed by atoms with Gasteiger partial charge in [0.05, 0.1) is 24.8 Å². The topological polar surface area (TPSA) is 111 Å². The average molecular weight is 690 g/mol. The second-order valence-corrected chi connectivity index (χ2v) is 13.7. The molecule has 2 aliphatic heterocycles. The summed E-state index contributed by atoms with van der Waals surface area (Å²) in [6, 6.07) is 15.9. The number of unbranched alkanes of at least 4 members (excludes halogenated alkanes) is 2. The molecule has 0 spiro atoms. The van der Waals surface area contributed by atoms with Crippen molar-refractivity contribution < 1.29 is 33.3 Å². The molecule has 48 heavy (non-hydrogen) atoms. The maximum absolute atomic E-state index is 14.3. The van der Waals surface area contributed by atoms with E-state index in [1.54, 1.807) is 54.6 Å². The van der Waals surface area contributed by atoms with Gasteiger partial charge in [0.15, 0.2) is 15.8 Å². The molecule has 0 aliphatic carbocycles. The van der Waals surface area contributed by atoms with Gasteiger partial charge < -0.3 is 19.3 Å². The molecule has 9 nitrogen and oxygen atoms in total. The van der Waals surface area contributed by atoms with Gasteiger partial charge in [0.25, 0.3) is 5.78 Å². The van der Waals surface area contributed by atoms with E-state index in [1.165, 1.54) is 22.7 Å². The molecule has 12 heteroatoms. The van der Waals surface area contributed by atoms with Crippen molar-refractivity contribution in [2.75, 3.05) is 18.1 Å². The highest BCUT2D eigenvalue weighted by atomic mass is 32.2. The molecule has 0 bridgehead atoms. The molecule has 1 saturated heterocycles. The molecule has 4 aromatic rings. The van der Waals surface area contributed by atoms with Gasteiger partial charge in [-0.3, -0.25) is 14.5 Å². The zero-order valence-corrected chi connectivity index (χ0v) is 28.5. The maximum atomic E-state index is 14.3. The highest BCUT2D eigenvalue weighted by Gasteiger charge is 2.48. The minimum Gasteiger partial charge on any atom is -0.507 e. The first-order chi connectivity index (χ1) is 23.3. The molecule has 0 radical (unpaired) electrons. The molecule has 3 heterocycles. The Balaban J connectivity index is 1.40. The van der Waals surface area contributed by atoms with Gasteiger partial charge in [-0.25, -0.2) is 4.39 Å². The van der Waals surface area contributed by atoms with Crippen molar-refractivity contribution in [1.82, 2.24) is 10.2 Å². The molecule has 0 saturated carbocycles. The normalized spacial score (nSPS) is 18.2. The molecule has 0 unspecified atom stereocenters. The van der Waals surface area contributed by atoms with Gasteiger partial charge in [-0.15, -0.1) is 10.2 Å². The molecule has 2 aliphatic rings. The van der Waals surface area contributed by atoms with E-state index < -0.39 is 17.7 Å². The lowest BCUT2D eigenvalue weighted by atomic mass is 9.94. The lowest BCUT2D eigenvalue weighted by Gasteiger charge is -2.23. The Bertz CT molecular complexity index is 1860. The summed E-state index contributed by atoms with van der Waals surface area (Å²) in [5, 5.41) is 20.4. The molecule has 2 atom stereocenters. The summed E-state index contributed by atoms with van der Waals surface area (Å²) in [6.45, 7) is 6.83. The van der Waals surface area contributed by atoms with Crippen molar-refractivity contribution >= 4 is 45.7 Å². The predicted octanol–water partition coefficient (Wildman–Crippen LogP) is 7.89. The lowest BCUT2D eigenvalue weighted by molar-refractivity contribution is -0.132. The van der Waals surface area contributed by atoms with E-state index in [0.717, 1.165) is 41.9 Å². The number of aliphatic hydroxyl groups excluding tert-OH is 1. The largest absolute Gasteiger partial charge is 0.507 e. The summed E-state index contributed by atoms with van der Waals surface area (Å²) in [5.41, 5.74) is 2.25. The molecule has 3 aromatic carbocycles. The van der Waals surface area contributed by atoms with Gasteiger partial charge in [0.1, 0.15) is 23.4 Å². The van der Waals surface area contributed by atoms with Crippen LogP contribution in [0.4, 0.5) is 9.52 Å². The Hall–Kier alpha value is -4.42. The Morgan fingerprint density at radius 3 is 2.69 bits per heavy atom. The van der Waals surface area contributed by atoms with Crippen molar-refractivity contribution in [3.8, 4) is 17.2 Å². The standard InChI is InChI=1S/C36H36FN3O6S2/c1-4-6-9-16-45-28-15-12-22(19-29(28)44-5-2)31-30(32(41)23-13-14-27-25(18-23)17-21(3)46-27)33(42)34(43)40(31)35-38-39-36(48-35)47-20-24-10-7-8-11-26(24)37/h7-8,10-15,18-19,21,31,41H,4-6,9,16-17,20H2,1-3H3/b32-30+/t21-,31-/m1/s1. The lowest BCUT2D eigenvalue weighted by Crippen LogP contribution is -2.29. The average Bonchev–Trinajstić information content (AvgIpc) is 3.77. The number of ketones is 1. The van der Waals surface area contributed by atoms with Crippen molar-refractivity contribution in [2.45, 2.75) is 68.7 Å². The van der Waals surface area contributed by atoms with Crippen LogP contribution in [0, 0.1) is 5.82 Å². The first-order valence-corrected chi connectivity index (χ1v) is 17.8. The van der Waals surface area contributed by atoms with Crippen molar-refractivity contribution in [3.05, 3.63) is 94.3 Å². The van der Waals surface area contributed by atoms with E-state index in [1.807, 2.05) is 13.8 Å². The third kappa shape index (κ3) is 6.91. The fourth-order valence-corrected chi connectivity index (χ4v) is 7.65. The first-order valence-electron chi connectivity index (χ1n) is 16.0. The molecule has 1 aromatic heterocycles. The number of Topliss-reactive ketones (excluding diaryl/α,β-unsaturated/α-hetero) is 1. The van der Waals surface area contributed by atoms with Crippen LogP contribution in [0.15, 0.2) is 70.6 Å². The molecule has 6 rings (SSSR count). The number of fused-ring (bicyclic) bond motifs is 1. The third-order valence-electron chi connectivity index (χ3n) is 8.11. The Morgan fingerprint density at radius 1 is 1.06 bits per heavy atom. The van der Waals surface area contributed by atoms with Crippen LogP contribution in [0.1, 0.15) is 68.3 Å². The van der Waals surface area contributed by atoms with Crippen LogP contribution >= 0.6 is 23.1 Å². The fraction of sp³-hybridized carbons (Fsp3) is 0.333. The second-order valence-electron chi connectivity index (χ2n) is 11.5. The Morgan fingerprint density at radius 2 is 1.90 bits per heavy atom. The van der Waals surface area contributed by atoms with E-state index in [2.05, 4.69) is 17.1 Å². The Kier molecular flexibility index (Phi) is 10.3. The number of rotatable bonds is 13. The molecule has 1 amide bonds. The molecule has 1 fully saturated rings. The number of benzene rings is 3. The molecule has 1 N–H and O–H groups in total. The number of aromatic nitrogens is 2. The van der Waals surface area contributed by atoms with E-state index in [9.17, 15) is 19.1 Å². The zero-order chi connectivity index (χ0) is 33.8. The van der Waals surface area contributed by atoms with Gasteiger partial charge in [0.2, 0.25) is 5.13 Å². The van der Waals surface area contributed by atoms with Gasteiger partial charge in [-0.05, 0) is 73.4 Å². The van der Waals surface area contributed by atoms with Gasteiger partial charge in [-0.1, -0.05) is 67.1 Å². The van der Waals surface area contributed by atoms with E-state index >= 15 is 0 Å². The van der Waals surface area contributed by atoms with Crippen molar-refractivity contribution in [1.29, 1.82) is 0 Å².